The van der Waals surface area contributed by atoms with Crippen molar-refractivity contribution in [3.05, 3.63) is 29.8 Å². The third-order valence-electron chi connectivity index (χ3n) is 3.08. The Morgan fingerprint density at radius 2 is 2.22 bits per heavy atom. The van der Waals surface area contributed by atoms with E-state index in [1.54, 1.807) is 11.8 Å². The summed E-state index contributed by atoms with van der Waals surface area (Å²) in [6.45, 7) is 3.78. The normalized spacial score (nSPS) is 17.6. The summed E-state index contributed by atoms with van der Waals surface area (Å²) in [6.07, 6.45) is 1.89. The quantitative estimate of drug-likeness (QED) is 0.773. The summed E-state index contributed by atoms with van der Waals surface area (Å²) in [6, 6.07) is 8.34. The van der Waals surface area contributed by atoms with E-state index in [4.69, 9.17) is 0 Å². The van der Waals surface area contributed by atoms with E-state index < -0.39 is 0 Å². The lowest BCUT2D eigenvalue weighted by Gasteiger charge is -2.24. The van der Waals surface area contributed by atoms with Crippen LogP contribution < -0.4 is 0 Å². The van der Waals surface area contributed by atoms with Crippen LogP contribution >= 0.6 is 27.7 Å². The molecule has 0 bridgehead atoms. The van der Waals surface area contributed by atoms with Gasteiger partial charge in [-0.1, -0.05) is 41.1 Å². The molecule has 0 aromatic heterocycles. The standard InChI is InChI=1S/C14H18BrNOS/c1-2-8-16(9-7-15)14(17)13-10-11-5-3-4-6-12(11)18-13/h3-6,13H,2,7-10H2,1H3. The molecule has 1 unspecified atom stereocenters. The molecule has 1 amide bonds. The molecule has 0 aliphatic carbocycles. The molecule has 0 fully saturated rings. The number of thioether (sulfide) groups is 1. The van der Waals surface area contributed by atoms with Gasteiger partial charge in [-0.3, -0.25) is 4.79 Å². The molecule has 1 heterocycles. The van der Waals surface area contributed by atoms with Crippen LogP contribution in [0.2, 0.25) is 0 Å². The lowest BCUT2D eigenvalue weighted by molar-refractivity contribution is -0.130. The smallest absolute Gasteiger partial charge is 0.236 e. The number of nitrogens with zero attached hydrogens (tertiary/aromatic N) is 1. The molecular weight excluding hydrogens is 310 g/mol. The second kappa shape index (κ2) is 6.62. The zero-order valence-corrected chi connectivity index (χ0v) is 13.0. The van der Waals surface area contributed by atoms with Crippen molar-refractivity contribution in [3.8, 4) is 0 Å². The van der Waals surface area contributed by atoms with Gasteiger partial charge in [-0.05, 0) is 24.5 Å². The fourth-order valence-electron chi connectivity index (χ4n) is 2.23. The second-order valence-electron chi connectivity index (χ2n) is 4.43. The van der Waals surface area contributed by atoms with Crippen molar-refractivity contribution >= 4 is 33.6 Å². The minimum absolute atomic E-state index is 0.0769. The molecule has 0 N–H and O–H groups in total. The van der Waals surface area contributed by atoms with Crippen LogP contribution in [0.4, 0.5) is 0 Å². The molecule has 98 valence electrons. The van der Waals surface area contributed by atoms with E-state index >= 15 is 0 Å². The number of hydrogen-bond donors (Lipinski definition) is 0. The molecule has 1 aromatic carbocycles. The zero-order chi connectivity index (χ0) is 13.0. The molecule has 4 heteroatoms. The zero-order valence-electron chi connectivity index (χ0n) is 10.6. The molecule has 18 heavy (non-hydrogen) atoms. The number of carbonyl (C=O) groups is 1. The van der Waals surface area contributed by atoms with Crippen LogP contribution in [-0.2, 0) is 11.2 Å². The number of alkyl halides is 1. The van der Waals surface area contributed by atoms with Crippen molar-refractivity contribution in [2.24, 2.45) is 0 Å². The SMILES string of the molecule is CCCN(CCBr)C(=O)C1Cc2ccccc2S1. The molecule has 0 radical (unpaired) electrons. The van der Waals surface area contributed by atoms with E-state index in [1.807, 2.05) is 11.0 Å². The number of rotatable bonds is 5. The Hall–Kier alpha value is -0.480. The molecule has 0 spiro atoms. The summed E-state index contributed by atoms with van der Waals surface area (Å²) < 4.78 is 0. The van der Waals surface area contributed by atoms with E-state index in [0.29, 0.717) is 0 Å². The van der Waals surface area contributed by atoms with Gasteiger partial charge in [0, 0.05) is 23.3 Å². The third kappa shape index (κ3) is 3.09. The Kier molecular flexibility index (Phi) is 5.13. The predicted molar refractivity (Wildman–Crippen MR) is 80.5 cm³/mol. The fourth-order valence-corrected chi connectivity index (χ4v) is 3.93. The van der Waals surface area contributed by atoms with E-state index in [0.717, 1.165) is 31.3 Å². The van der Waals surface area contributed by atoms with Gasteiger partial charge in [-0.15, -0.1) is 11.8 Å². The Morgan fingerprint density at radius 1 is 1.44 bits per heavy atom. The third-order valence-corrected chi connectivity index (χ3v) is 4.74. The van der Waals surface area contributed by atoms with Gasteiger partial charge in [-0.25, -0.2) is 0 Å². The molecule has 0 saturated carbocycles. The van der Waals surface area contributed by atoms with E-state index in [9.17, 15) is 4.79 Å². The Morgan fingerprint density at radius 3 is 2.89 bits per heavy atom. The Bertz CT molecular complexity index is 393. The molecule has 1 atom stereocenters. The monoisotopic (exact) mass is 327 g/mol. The summed E-state index contributed by atoms with van der Waals surface area (Å²) >= 11 is 5.14. The van der Waals surface area contributed by atoms with Crippen LogP contribution in [0.15, 0.2) is 29.2 Å². The average molecular weight is 328 g/mol. The Balaban J connectivity index is 2.03. The van der Waals surface area contributed by atoms with Gasteiger partial charge >= 0.3 is 0 Å². The van der Waals surface area contributed by atoms with Crippen LogP contribution in [0, 0.1) is 0 Å². The maximum atomic E-state index is 12.5. The van der Waals surface area contributed by atoms with Crippen molar-refractivity contribution in [3.63, 3.8) is 0 Å². The number of hydrogen-bond acceptors (Lipinski definition) is 2. The first-order valence-electron chi connectivity index (χ1n) is 6.35. The number of fused-ring (bicyclic) bond motifs is 1. The molecule has 2 rings (SSSR count). The Labute approximate surface area is 121 Å². The minimum Gasteiger partial charge on any atom is -0.341 e. The number of benzene rings is 1. The van der Waals surface area contributed by atoms with Gasteiger partial charge in [-0.2, -0.15) is 0 Å². The minimum atomic E-state index is 0.0769. The first-order chi connectivity index (χ1) is 8.76. The topological polar surface area (TPSA) is 20.3 Å². The van der Waals surface area contributed by atoms with Gasteiger partial charge < -0.3 is 4.90 Å². The summed E-state index contributed by atoms with van der Waals surface area (Å²) in [5.41, 5.74) is 1.32. The van der Waals surface area contributed by atoms with Crippen molar-refractivity contribution in [2.45, 2.75) is 29.9 Å². The summed E-state index contributed by atoms with van der Waals surface area (Å²) in [7, 11) is 0. The molecule has 1 aliphatic heterocycles. The molecule has 1 aromatic rings. The van der Waals surface area contributed by atoms with Crippen LogP contribution in [0.3, 0.4) is 0 Å². The molecular formula is C14H18BrNOS. The van der Waals surface area contributed by atoms with Crippen molar-refractivity contribution in [1.29, 1.82) is 0 Å². The summed E-state index contributed by atoms with van der Waals surface area (Å²) in [5.74, 6) is 0.289. The lowest BCUT2D eigenvalue weighted by atomic mass is 10.1. The van der Waals surface area contributed by atoms with Crippen molar-refractivity contribution < 1.29 is 4.79 Å². The highest BCUT2D eigenvalue weighted by molar-refractivity contribution is 9.09. The maximum Gasteiger partial charge on any atom is 0.236 e. The second-order valence-corrected chi connectivity index (χ2v) is 6.47. The largest absolute Gasteiger partial charge is 0.341 e. The predicted octanol–water partition coefficient (Wildman–Crippen LogP) is 3.34. The number of amides is 1. The first-order valence-corrected chi connectivity index (χ1v) is 8.35. The fraction of sp³-hybridized carbons (Fsp3) is 0.500. The lowest BCUT2D eigenvalue weighted by Crippen LogP contribution is -2.39. The molecule has 0 saturated heterocycles. The molecule has 1 aliphatic rings. The van der Waals surface area contributed by atoms with Gasteiger partial charge in [0.25, 0.3) is 0 Å². The van der Waals surface area contributed by atoms with Crippen LogP contribution in [0.5, 0.6) is 0 Å². The first kappa shape index (κ1) is 13.9. The van der Waals surface area contributed by atoms with E-state index in [2.05, 4.69) is 41.1 Å². The van der Waals surface area contributed by atoms with Crippen molar-refractivity contribution in [1.82, 2.24) is 4.90 Å². The number of halogens is 1. The van der Waals surface area contributed by atoms with Gasteiger partial charge in [0.05, 0.1) is 5.25 Å². The highest BCUT2D eigenvalue weighted by Crippen LogP contribution is 2.37. The van der Waals surface area contributed by atoms with E-state index in [1.165, 1.54) is 10.5 Å². The highest BCUT2D eigenvalue weighted by Gasteiger charge is 2.30. The van der Waals surface area contributed by atoms with E-state index in [-0.39, 0.29) is 11.2 Å². The average Bonchev–Trinajstić information content (AvgIpc) is 2.81. The molecule has 2 nitrogen and oxygen atoms in total. The van der Waals surface area contributed by atoms with Crippen molar-refractivity contribution in [2.75, 3.05) is 18.4 Å². The summed E-state index contributed by atoms with van der Waals surface area (Å²) in [4.78, 5) is 15.7. The number of carbonyl (C=O) groups excluding carboxylic acids is 1. The van der Waals surface area contributed by atoms with Gasteiger partial charge in [0.2, 0.25) is 5.91 Å². The van der Waals surface area contributed by atoms with Gasteiger partial charge in [0.1, 0.15) is 0 Å². The van der Waals surface area contributed by atoms with Crippen LogP contribution in [0.25, 0.3) is 0 Å². The maximum absolute atomic E-state index is 12.5. The highest BCUT2D eigenvalue weighted by atomic mass is 79.9. The van der Waals surface area contributed by atoms with Crippen LogP contribution in [-0.4, -0.2) is 34.5 Å². The summed E-state index contributed by atoms with van der Waals surface area (Å²) in [5, 5.41) is 0.927. The van der Waals surface area contributed by atoms with Gasteiger partial charge in [0.15, 0.2) is 0 Å². The van der Waals surface area contributed by atoms with Crippen LogP contribution in [0.1, 0.15) is 18.9 Å².